The summed E-state index contributed by atoms with van der Waals surface area (Å²) < 4.78 is 0. The SMILES string of the molecule is N=C(N)c1ccc(C[C@@H](C(=O)N2Cc3ccccc3C[C@H]2C(=O)O)c2ccc3ccccc3c2)cc1. The Bertz CT molecular complexity index is 1460. The minimum Gasteiger partial charge on any atom is -0.480 e. The predicted octanol–water partition coefficient (Wildman–Crippen LogP) is 4.49. The number of hydrogen-bond acceptors (Lipinski definition) is 3. The van der Waals surface area contributed by atoms with Gasteiger partial charge in [0.2, 0.25) is 5.91 Å². The van der Waals surface area contributed by atoms with Gasteiger partial charge in [0.25, 0.3) is 0 Å². The average molecular weight is 478 g/mol. The van der Waals surface area contributed by atoms with Crippen molar-refractivity contribution in [2.24, 2.45) is 5.73 Å². The topological polar surface area (TPSA) is 107 Å². The lowest BCUT2D eigenvalue weighted by Gasteiger charge is -2.37. The van der Waals surface area contributed by atoms with Crippen LogP contribution in [0.2, 0.25) is 0 Å². The lowest BCUT2D eigenvalue weighted by atomic mass is 9.86. The van der Waals surface area contributed by atoms with E-state index in [1.165, 1.54) is 4.90 Å². The van der Waals surface area contributed by atoms with E-state index in [0.717, 1.165) is 33.0 Å². The molecular formula is C30H27N3O3. The van der Waals surface area contributed by atoms with Crippen LogP contribution in [0.25, 0.3) is 10.8 Å². The van der Waals surface area contributed by atoms with Crippen molar-refractivity contribution in [3.63, 3.8) is 0 Å². The van der Waals surface area contributed by atoms with Crippen LogP contribution < -0.4 is 5.73 Å². The lowest BCUT2D eigenvalue weighted by Crippen LogP contribution is -2.50. The zero-order valence-electron chi connectivity index (χ0n) is 19.7. The fourth-order valence-corrected chi connectivity index (χ4v) is 5.00. The zero-order valence-corrected chi connectivity index (χ0v) is 19.7. The molecule has 180 valence electrons. The molecule has 4 aromatic carbocycles. The molecule has 0 radical (unpaired) electrons. The van der Waals surface area contributed by atoms with Gasteiger partial charge in [-0.25, -0.2) is 4.79 Å². The summed E-state index contributed by atoms with van der Waals surface area (Å²) in [5.41, 5.74) is 9.93. The van der Waals surface area contributed by atoms with Gasteiger partial charge in [0.05, 0.1) is 5.92 Å². The van der Waals surface area contributed by atoms with Gasteiger partial charge in [0, 0.05) is 18.5 Å². The lowest BCUT2D eigenvalue weighted by molar-refractivity contribution is -0.152. The molecule has 0 aliphatic carbocycles. The summed E-state index contributed by atoms with van der Waals surface area (Å²) in [6.07, 6.45) is 0.689. The minimum absolute atomic E-state index is 0.0139. The number of amides is 1. The van der Waals surface area contributed by atoms with Gasteiger partial charge in [0.1, 0.15) is 11.9 Å². The second kappa shape index (κ2) is 9.66. The van der Waals surface area contributed by atoms with Crippen LogP contribution in [0.4, 0.5) is 0 Å². The predicted molar refractivity (Wildman–Crippen MR) is 140 cm³/mol. The molecule has 1 aliphatic heterocycles. The van der Waals surface area contributed by atoms with Crippen LogP contribution in [0.5, 0.6) is 0 Å². The molecule has 0 spiro atoms. The van der Waals surface area contributed by atoms with Crippen molar-refractivity contribution in [3.8, 4) is 0 Å². The van der Waals surface area contributed by atoms with Gasteiger partial charge in [-0.1, -0.05) is 91.0 Å². The van der Waals surface area contributed by atoms with Crippen molar-refractivity contribution in [2.75, 3.05) is 0 Å². The molecular weight excluding hydrogens is 450 g/mol. The number of aliphatic carboxylic acids is 1. The molecule has 0 saturated heterocycles. The Kier molecular flexibility index (Phi) is 6.25. The van der Waals surface area contributed by atoms with E-state index < -0.39 is 17.9 Å². The molecule has 2 atom stereocenters. The van der Waals surface area contributed by atoms with Crippen LogP contribution in [0.1, 0.15) is 33.7 Å². The van der Waals surface area contributed by atoms with Gasteiger partial charge in [-0.15, -0.1) is 0 Å². The molecule has 4 N–H and O–H groups in total. The number of benzene rings is 4. The molecule has 4 aromatic rings. The highest BCUT2D eigenvalue weighted by molar-refractivity contribution is 5.95. The smallest absolute Gasteiger partial charge is 0.326 e. The largest absolute Gasteiger partial charge is 0.480 e. The number of rotatable bonds is 6. The van der Waals surface area contributed by atoms with Gasteiger partial charge in [-0.3, -0.25) is 10.2 Å². The Labute approximate surface area is 209 Å². The maximum atomic E-state index is 14.1. The van der Waals surface area contributed by atoms with E-state index in [9.17, 15) is 14.7 Å². The Morgan fingerprint density at radius 2 is 1.58 bits per heavy atom. The Balaban J connectivity index is 1.55. The number of fused-ring (bicyclic) bond motifs is 2. The fourth-order valence-electron chi connectivity index (χ4n) is 5.00. The summed E-state index contributed by atoms with van der Waals surface area (Å²) in [5.74, 6) is -1.78. The van der Waals surface area contributed by atoms with Crippen LogP contribution in [0.3, 0.4) is 0 Å². The molecule has 0 fully saturated rings. The van der Waals surface area contributed by atoms with Crippen molar-refractivity contribution in [3.05, 3.63) is 119 Å². The van der Waals surface area contributed by atoms with Crippen molar-refractivity contribution >= 4 is 28.5 Å². The number of nitrogens with one attached hydrogen (secondary N) is 1. The Morgan fingerprint density at radius 1 is 0.917 bits per heavy atom. The molecule has 1 heterocycles. The highest BCUT2D eigenvalue weighted by Gasteiger charge is 2.38. The molecule has 0 saturated carbocycles. The highest BCUT2D eigenvalue weighted by atomic mass is 16.4. The van der Waals surface area contributed by atoms with Crippen LogP contribution in [-0.4, -0.2) is 33.8 Å². The number of amidine groups is 1. The van der Waals surface area contributed by atoms with Crippen LogP contribution >= 0.6 is 0 Å². The molecule has 0 bridgehead atoms. The summed E-state index contributed by atoms with van der Waals surface area (Å²) in [6.45, 7) is 0.263. The number of hydrogen-bond donors (Lipinski definition) is 3. The first-order valence-electron chi connectivity index (χ1n) is 11.9. The standard InChI is InChI=1S/C30H27N3O3/c31-28(32)21-11-9-19(10-12-21)15-26(24-14-13-20-5-1-2-6-22(20)16-24)29(34)33-18-25-8-4-3-7-23(25)17-27(33)30(35)36/h1-14,16,26-27H,15,17-18H2,(H3,31,32)(H,35,36)/t26-,27+/m1/s1. The van der Waals surface area contributed by atoms with Crippen molar-refractivity contribution in [2.45, 2.75) is 31.3 Å². The molecule has 0 aromatic heterocycles. The summed E-state index contributed by atoms with van der Waals surface area (Å²) in [7, 11) is 0. The van der Waals surface area contributed by atoms with Gasteiger partial charge in [-0.05, 0) is 39.4 Å². The number of carbonyl (C=O) groups is 2. The van der Waals surface area contributed by atoms with E-state index in [1.54, 1.807) is 12.1 Å². The van der Waals surface area contributed by atoms with E-state index in [2.05, 4.69) is 0 Å². The minimum atomic E-state index is -0.999. The van der Waals surface area contributed by atoms with Gasteiger partial charge < -0.3 is 15.7 Å². The number of nitrogens with two attached hydrogens (primary N) is 1. The number of carboxylic acid groups (broad SMARTS) is 1. The third kappa shape index (κ3) is 4.58. The highest BCUT2D eigenvalue weighted by Crippen LogP contribution is 2.31. The van der Waals surface area contributed by atoms with Gasteiger partial charge in [-0.2, -0.15) is 0 Å². The third-order valence-electron chi connectivity index (χ3n) is 7.00. The van der Waals surface area contributed by atoms with Crippen molar-refractivity contribution < 1.29 is 14.7 Å². The quantitative estimate of drug-likeness (QED) is 0.281. The summed E-state index contributed by atoms with van der Waals surface area (Å²) >= 11 is 0. The van der Waals surface area contributed by atoms with Crippen LogP contribution in [0, 0.1) is 5.41 Å². The first-order valence-corrected chi connectivity index (χ1v) is 11.9. The van der Waals surface area contributed by atoms with E-state index >= 15 is 0 Å². The second-order valence-electron chi connectivity index (χ2n) is 9.27. The first kappa shape index (κ1) is 23.3. The molecule has 1 aliphatic rings. The van der Waals surface area contributed by atoms with E-state index in [-0.39, 0.29) is 24.7 Å². The molecule has 6 nitrogen and oxygen atoms in total. The molecule has 1 amide bonds. The van der Waals surface area contributed by atoms with Gasteiger partial charge in [0.15, 0.2) is 0 Å². The number of carbonyl (C=O) groups excluding carboxylic acids is 1. The normalized spacial score (nSPS) is 15.8. The Morgan fingerprint density at radius 3 is 2.28 bits per heavy atom. The molecule has 6 heteroatoms. The average Bonchev–Trinajstić information content (AvgIpc) is 2.90. The maximum Gasteiger partial charge on any atom is 0.326 e. The van der Waals surface area contributed by atoms with Gasteiger partial charge >= 0.3 is 5.97 Å². The monoisotopic (exact) mass is 477 g/mol. The zero-order chi connectivity index (χ0) is 25.2. The van der Waals surface area contributed by atoms with Crippen molar-refractivity contribution in [1.29, 1.82) is 5.41 Å². The maximum absolute atomic E-state index is 14.1. The Hall–Kier alpha value is -4.45. The molecule has 0 unspecified atom stereocenters. The number of nitrogen functional groups attached to an aromatic ring is 1. The van der Waals surface area contributed by atoms with Crippen LogP contribution in [-0.2, 0) is 29.0 Å². The number of carboxylic acids is 1. The first-order chi connectivity index (χ1) is 17.4. The van der Waals surface area contributed by atoms with Crippen LogP contribution in [0.15, 0.2) is 91.0 Å². The molecule has 5 rings (SSSR count). The van der Waals surface area contributed by atoms with E-state index in [0.29, 0.717) is 12.0 Å². The summed E-state index contributed by atoms with van der Waals surface area (Å²) in [5, 5.41) is 19.8. The van der Waals surface area contributed by atoms with E-state index in [4.69, 9.17) is 11.1 Å². The second-order valence-corrected chi connectivity index (χ2v) is 9.27. The van der Waals surface area contributed by atoms with Crippen molar-refractivity contribution in [1.82, 2.24) is 4.90 Å². The molecule has 36 heavy (non-hydrogen) atoms. The third-order valence-corrected chi connectivity index (χ3v) is 7.00. The summed E-state index contributed by atoms with van der Waals surface area (Å²) in [4.78, 5) is 27.9. The fraction of sp³-hybridized carbons (Fsp3) is 0.167. The van der Waals surface area contributed by atoms with E-state index in [1.807, 2.05) is 78.9 Å². The number of nitrogens with zero attached hydrogens (tertiary/aromatic N) is 1. The summed E-state index contributed by atoms with van der Waals surface area (Å²) in [6, 6.07) is 28.1.